The minimum atomic E-state index is -0.766. The molecule has 1 heterocycles. The van der Waals surface area contributed by atoms with Gasteiger partial charge in [-0.3, -0.25) is 0 Å². The molecule has 0 spiro atoms. The van der Waals surface area contributed by atoms with E-state index in [-0.39, 0.29) is 12.0 Å². The Bertz CT molecular complexity index is 640. The van der Waals surface area contributed by atoms with Crippen LogP contribution in [0.4, 0.5) is 4.39 Å². The summed E-state index contributed by atoms with van der Waals surface area (Å²) in [5.41, 5.74) is 0.884. The van der Waals surface area contributed by atoms with Gasteiger partial charge in [0.15, 0.2) is 0 Å². The summed E-state index contributed by atoms with van der Waals surface area (Å²) in [7, 11) is 0. The van der Waals surface area contributed by atoms with Gasteiger partial charge in [-0.25, -0.2) is 4.39 Å². The van der Waals surface area contributed by atoms with Gasteiger partial charge in [0.2, 0.25) is 0 Å². The lowest BCUT2D eigenvalue weighted by Gasteiger charge is -2.30. The maximum Gasteiger partial charge on any atom is 0.131 e. The van der Waals surface area contributed by atoms with Crippen LogP contribution in [0.2, 0.25) is 10.0 Å². The van der Waals surface area contributed by atoms with Crippen LogP contribution >= 0.6 is 23.2 Å². The van der Waals surface area contributed by atoms with Crippen LogP contribution in [-0.2, 0) is 0 Å². The number of halogens is 3. The van der Waals surface area contributed by atoms with Crippen LogP contribution in [0.1, 0.15) is 29.8 Å². The standard InChI is InChI=1S/C15H11Cl2FO2/c16-8-4-5-13-9(6-8)12(19)7-14(20-13)15-10(17)2-1-3-11(15)18/h1-6,12,14,19H,7H2/t12-,14?/m1/s1. The van der Waals surface area contributed by atoms with Crippen molar-refractivity contribution in [2.45, 2.75) is 18.6 Å². The Kier molecular flexibility index (Phi) is 3.59. The van der Waals surface area contributed by atoms with Crippen LogP contribution in [0.3, 0.4) is 0 Å². The molecule has 2 aromatic rings. The molecule has 0 fully saturated rings. The van der Waals surface area contributed by atoms with Gasteiger partial charge in [0.1, 0.15) is 17.7 Å². The summed E-state index contributed by atoms with van der Waals surface area (Å²) in [6.45, 7) is 0. The highest BCUT2D eigenvalue weighted by Crippen LogP contribution is 2.43. The number of aliphatic hydroxyl groups excluding tert-OH is 1. The maximum absolute atomic E-state index is 13.9. The van der Waals surface area contributed by atoms with Crippen molar-refractivity contribution in [3.63, 3.8) is 0 Å². The lowest BCUT2D eigenvalue weighted by atomic mass is 9.94. The predicted molar refractivity (Wildman–Crippen MR) is 75.8 cm³/mol. The fourth-order valence-corrected chi connectivity index (χ4v) is 2.88. The van der Waals surface area contributed by atoms with Gasteiger partial charge in [0, 0.05) is 22.6 Å². The van der Waals surface area contributed by atoms with Gasteiger partial charge in [0.05, 0.1) is 11.1 Å². The lowest BCUT2D eigenvalue weighted by Crippen LogP contribution is -2.20. The third-order valence-corrected chi connectivity index (χ3v) is 3.92. The minimum Gasteiger partial charge on any atom is -0.485 e. The number of fused-ring (bicyclic) bond motifs is 1. The van der Waals surface area contributed by atoms with Crippen LogP contribution in [-0.4, -0.2) is 5.11 Å². The first-order chi connectivity index (χ1) is 9.56. The van der Waals surface area contributed by atoms with Crippen molar-refractivity contribution in [1.29, 1.82) is 0 Å². The zero-order valence-corrected chi connectivity index (χ0v) is 11.8. The first kappa shape index (κ1) is 13.7. The smallest absolute Gasteiger partial charge is 0.131 e. The zero-order valence-electron chi connectivity index (χ0n) is 10.3. The fraction of sp³-hybridized carbons (Fsp3) is 0.200. The van der Waals surface area contributed by atoms with E-state index in [0.717, 1.165) is 0 Å². The zero-order chi connectivity index (χ0) is 14.3. The van der Waals surface area contributed by atoms with E-state index in [2.05, 4.69) is 0 Å². The third kappa shape index (κ3) is 2.37. The minimum absolute atomic E-state index is 0.230. The molecule has 0 amide bonds. The molecule has 1 unspecified atom stereocenters. The number of aliphatic hydroxyl groups is 1. The predicted octanol–water partition coefficient (Wildman–Crippen LogP) is 4.69. The van der Waals surface area contributed by atoms with E-state index in [4.69, 9.17) is 27.9 Å². The van der Waals surface area contributed by atoms with Crippen LogP contribution in [0.5, 0.6) is 5.75 Å². The number of hydrogen-bond acceptors (Lipinski definition) is 2. The monoisotopic (exact) mass is 312 g/mol. The lowest BCUT2D eigenvalue weighted by molar-refractivity contribution is 0.0641. The normalized spacial score (nSPS) is 21.2. The number of hydrogen-bond donors (Lipinski definition) is 1. The SMILES string of the molecule is O[C@@H]1CC(c2c(F)cccc2Cl)Oc2ccc(Cl)cc21. The largest absolute Gasteiger partial charge is 0.485 e. The quantitative estimate of drug-likeness (QED) is 0.827. The van der Waals surface area contributed by atoms with E-state index in [0.29, 0.717) is 21.4 Å². The Morgan fingerprint density at radius 1 is 1.20 bits per heavy atom. The Balaban J connectivity index is 2.01. The Hall–Kier alpha value is -1.29. The molecular weight excluding hydrogens is 302 g/mol. The number of benzene rings is 2. The van der Waals surface area contributed by atoms with Crippen molar-refractivity contribution >= 4 is 23.2 Å². The summed E-state index contributed by atoms with van der Waals surface area (Å²) in [6.07, 6.45) is -1.15. The molecule has 0 aromatic heterocycles. The topological polar surface area (TPSA) is 29.5 Å². The van der Waals surface area contributed by atoms with Gasteiger partial charge in [0.25, 0.3) is 0 Å². The second-order valence-electron chi connectivity index (χ2n) is 4.68. The van der Waals surface area contributed by atoms with Crippen molar-refractivity contribution in [2.75, 3.05) is 0 Å². The highest BCUT2D eigenvalue weighted by molar-refractivity contribution is 6.31. The summed E-state index contributed by atoms with van der Waals surface area (Å²) in [4.78, 5) is 0. The van der Waals surface area contributed by atoms with Gasteiger partial charge < -0.3 is 9.84 Å². The van der Waals surface area contributed by atoms with Gasteiger partial charge in [-0.2, -0.15) is 0 Å². The molecule has 3 rings (SSSR count). The molecule has 0 radical (unpaired) electrons. The van der Waals surface area contributed by atoms with Crippen LogP contribution < -0.4 is 4.74 Å². The van der Waals surface area contributed by atoms with Crippen LogP contribution in [0, 0.1) is 5.82 Å². The van der Waals surface area contributed by atoms with E-state index >= 15 is 0 Å². The average Bonchev–Trinajstić information content (AvgIpc) is 2.39. The average molecular weight is 313 g/mol. The first-order valence-electron chi connectivity index (χ1n) is 6.14. The molecule has 0 aliphatic carbocycles. The van der Waals surface area contributed by atoms with E-state index < -0.39 is 18.0 Å². The molecule has 1 N–H and O–H groups in total. The molecular formula is C15H11Cl2FO2. The van der Waals surface area contributed by atoms with E-state index in [1.165, 1.54) is 12.1 Å². The van der Waals surface area contributed by atoms with Crippen molar-refractivity contribution < 1.29 is 14.2 Å². The number of rotatable bonds is 1. The fourth-order valence-electron chi connectivity index (χ4n) is 2.41. The van der Waals surface area contributed by atoms with Gasteiger partial charge in [-0.15, -0.1) is 0 Å². The molecule has 20 heavy (non-hydrogen) atoms. The molecule has 0 bridgehead atoms. The summed E-state index contributed by atoms with van der Waals surface area (Å²) < 4.78 is 19.7. The van der Waals surface area contributed by atoms with Gasteiger partial charge in [-0.1, -0.05) is 29.3 Å². The van der Waals surface area contributed by atoms with Gasteiger partial charge >= 0.3 is 0 Å². The summed E-state index contributed by atoms with van der Waals surface area (Å²) in [5.74, 6) is 0.0598. The molecule has 2 nitrogen and oxygen atoms in total. The molecule has 0 saturated carbocycles. The molecule has 104 valence electrons. The summed E-state index contributed by atoms with van der Waals surface area (Å²) >= 11 is 11.9. The van der Waals surface area contributed by atoms with Crippen molar-refractivity contribution in [3.8, 4) is 5.75 Å². The molecule has 1 aliphatic heterocycles. The van der Waals surface area contributed by atoms with Crippen molar-refractivity contribution in [3.05, 3.63) is 63.4 Å². The summed E-state index contributed by atoms with van der Waals surface area (Å²) in [5, 5.41) is 11.0. The van der Waals surface area contributed by atoms with E-state index in [9.17, 15) is 9.50 Å². The Labute approximate surface area is 125 Å². The highest BCUT2D eigenvalue weighted by Gasteiger charge is 2.31. The van der Waals surface area contributed by atoms with E-state index in [1.807, 2.05) is 0 Å². The highest BCUT2D eigenvalue weighted by atomic mass is 35.5. The Morgan fingerprint density at radius 3 is 2.75 bits per heavy atom. The van der Waals surface area contributed by atoms with Crippen LogP contribution in [0.15, 0.2) is 36.4 Å². The molecule has 0 saturated heterocycles. The third-order valence-electron chi connectivity index (χ3n) is 3.36. The summed E-state index contributed by atoms with van der Waals surface area (Å²) in [6, 6.07) is 9.45. The van der Waals surface area contributed by atoms with Gasteiger partial charge in [-0.05, 0) is 30.3 Å². The second kappa shape index (κ2) is 5.24. The molecule has 5 heteroatoms. The molecule has 1 aliphatic rings. The second-order valence-corrected chi connectivity index (χ2v) is 5.52. The molecule has 2 aromatic carbocycles. The Morgan fingerprint density at radius 2 is 2.00 bits per heavy atom. The van der Waals surface area contributed by atoms with Crippen molar-refractivity contribution in [2.24, 2.45) is 0 Å². The maximum atomic E-state index is 13.9. The number of ether oxygens (including phenoxy) is 1. The van der Waals surface area contributed by atoms with Crippen molar-refractivity contribution in [1.82, 2.24) is 0 Å². The molecule has 2 atom stereocenters. The van der Waals surface area contributed by atoms with E-state index in [1.54, 1.807) is 24.3 Å². The van der Waals surface area contributed by atoms with Crippen LogP contribution in [0.25, 0.3) is 0 Å². The first-order valence-corrected chi connectivity index (χ1v) is 6.90.